The number of aliphatic hydroxyl groups excluding tert-OH is 1. The first-order valence-corrected chi connectivity index (χ1v) is 6.76. The first-order valence-electron chi connectivity index (χ1n) is 6.76. The highest BCUT2D eigenvalue weighted by molar-refractivity contribution is 5.94. The molecule has 0 aromatic heterocycles. The first kappa shape index (κ1) is 13.9. The Kier molecular flexibility index (Phi) is 4.43. The summed E-state index contributed by atoms with van der Waals surface area (Å²) in [4.78, 5) is 14.3. The smallest absolute Gasteiger partial charge is 0.254 e. The summed E-state index contributed by atoms with van der Waals surface area (Å²) in [6.45, 7) is 2.48. The van der Waals surface area contributed by atoms with Gasteiger partial charge in [-0.25, -0.2) is 0 Å². The number of hydrogen-bond donors (Lipinski definition) is 1. The van der Waals surface area contributed by atoms with Crippen LogP contribution in [-0.2, 0) is 0 Å². The quantitative estimate of drug-likeness (QED) is 0.908. The molecule has 0 bridgehead atoms. The lowest BCUT2D eigenvalue weighted by atomic mass is 9.97. The molecule has 0 unspecified atom stereocenters. The second-order valence-corrected chi connectivity index (χ2v) is 5.03. The van der Waals surface area contributed by atoms with Gasteiger partial charge < -0.3 is 14.7 Å². The van der Waals surface area contributed by atoms with Gasteiger partial charge in [-0.1, -0.05) is 0 Å². The van der Waals surface area contributed by atoms with Gasteiger partial charge in [0.05, 0.1) is 19.3 Å². The third kappa shape index (κ3) is 3.07. The van der Waals surface area contributed by atoms with Crippen molar-refractivity contribution < 1.29 is 14.6 Å². The minimum atomic E-state index is -0.484. The Morgan fingerprint density at radius 1 is 1.37 bits per heavy atom. The molecular weight excluding hydrogens is 242 g/mol. The molecule has 1 aliphatic heterocycles. The number of carbonyl (C=O) groups excluding carboxylic acids is 1. The molecule has 1 amide bonds. The highest BCUT2D eigenvalue weighted by Gasteiger charge is 2.30. The van der Waals surface area contributed by atoms with Crippen molar-refractivity contribution in [2.45, 2.75) is 38.3 Å². The van der Waals surface area contributed by atoms with Gasteiger partial charge in [0.1, 0.15) is 5.75 Å². The van der Waals surface area contributed by atoms with E-state index >= 15 is 0 Å². The molecule has 0 aliphatic carbocycles. The van der Waals surface area contributed by atoms with E-state index in [0.717, 1.165) is 31.6 Å². The van der Waals surface area contributed by atoms with Crippen LogP contribution in [-0.4, -0.2) is 41.7 Å². The second kappa shape index (κ2) is 6.06. The van der Waals surface area contributed by atoms with E-state index in [1.807, 2.05) is 0 Å². The number of likely N-dealkylation sites (tertiary alicyclic amines) is 1. The lowest BCUT2D eigenvalue weighted by Gasteiger charge is -2.37. The lowest BCUT2D eigenvalue weighted by Crippen LogP contribution is -2.48. The van der Waals surface area contributed by atoms with Crippen molar-refractivity contribution in [3.05, 3.63) is 29.8 Å². The Morgan fingerprint density at radius 3 is 2.63 bits per heavy atom. The number of aliphatic hydroxyl groups is 1. The number of ether oxygens (including phenoxy) is 1. The maximum atomic E-state index is 12.5. The summed E-state index contributed by atoms with van der Waals surface area (Å²) in [5.41, 5.74) is 0.647. The minimum Gasteiger partial charge on any atom is -0.497 e. The fourth-order valence-corrected chi connectivity index (χ4v) is 2.61. The van der Waals surface area contributed by atoms with E-state index in [1.54, 1.807) is 43.2 Å². The molecule has 1 N–H and O–H groups in total. The molecule has 1 fully saturated rings. The summed E-state index contributed by atoms with van der Waals surface area (Å²) in [5.74, 6) is 0.732. The normalized spacial score (nSPS) is 21.0. The molecule has 1 heterocycles. The largest absolute Gasteiger partial charge is 0.497 e. The average molecular weight is 263 g/mol. The van der Waals surface area contributed by atoms with Crippen LogP contribution >= 0.6 is 0 Å². The molecule has 1 aromatic carbocycles. The van der Waals surface area contributed by atoms with Crippen molar-refractivity contribution >= 4 is 5.91 Å². The Labute approximate surface area is 114 Å². The van der Waals surface area contributed by atoms with Crippen molar-refractivity contribution in [1.82, 2.24) is 4.90 Å². The van der Waals surface area contributed by atoms with Crippen LogP contribution in [0.4, 0.5) is 0 Å². The van der Waals surface area contributed by atoms with Gasteiger partial charge >= 0.3 is 0 Å². The molecule has 104 valence electrons. The molecule has 4 heteroatoms. The van der Waals surface area contributed by atoms with Gasteiger partial charge in [-0.15, -0.1) is 0 Å². The zero-order valence-corrected chi connectivity index (χ0v) is 11.5. The van der Waals surface area contributed by atoms with E-state index in [9.17, 15) is 9.90 Å². The van der Waals surface area contributed by atoms with Crippen LogP contribution in [0.15, 0.2) is 24.3 Å². The van der Waals surface area contributed by atoms with Gasteiger partial charge in [0.2, 0.25) is 0 Å². The van der Waals surface area contributed by atoms with Crippen LogP contribution in [0.2, 0.25) is 0 Å². The van der Waals surface area contributed by atoms with Crippen molar-refractivity contribution in [3.8, 4) is 5.75 Å². The van der Waals surface area contributed by atoms with Gasteiger partial charge in [-0.2, -0.15) is 0 Å². The Bertz CT molecular complexity index is 428. The van der Waals surface area contributed by atoms with E-state index in [1.165, 1.54) is 0 Å². The number of benzene rings is 1. The van der Waals surface area contributed by atoms with E-state index in [-0.39, 0.29) is 11.9 Å². The SMILES string of the molecule is COc1ccc(C(=O)N2CCCC[C@@H]2[C@H](C)O)cc1. The molecule has 1 saturated heterocycles. The molecule has 0 spiro atoms. The van der Waals surface area contributed by atoms with Crippen molar-refractivity contribution in [3.63, 3.8) is 0 Å². The van der Waals surface area contributed by atoms with Gasteiger partial charge in [0.25, 0.3) is 5.91 Å². The summed E-state index contributed by atoms with van der Waals surface area (Å²) in [5, 5.41) is 9.81. The lowest BCUT2D eigenvalue weighted by molar-refractivity contribution is 0.0281. The summed E-state index contributed by atoms with van der Waals surface area (Å²) < 4.78 is 5.09. The van der Waals surface area contributed by atoms with Crippen molar-refractivity contribution in [1.29, 1.82) is 0 Å². The van der Waals surface area contributed by atoms with Crippen molar-refractivity contribution in [2.75, 3.05) is 13.7 Å². The number of methoxy groups -OCH3 is 1. The molecule has 2 atom stereocenters. The van der Waals surface area contributed by atoms with Crippen LogP contribution in [0.5, 0.6) is 5.75 Å². The maximum Gasteiger partial charge on any atom is 0.254 e. The predicted octanol–water partition coefficient (Wildman–Crippen LogP) is 2.07. The van der Waals surface area contributed by atoms with Gasteiger partial charge in [0.15, 0.2) is 0 Å². The molecule has 4 nitrogen and oxygen atoms in total. The summed E-state index contributed by atoms with van der Waals surface area (Å²) >= 11 is 0. The third-order valence-electron chi connectivity index (χ3n) is 3.70. The molecule has 1 aromatic rings. The van der Waals surface area contributed by atoms with E-state index in [4.69, 9.17) is 4.74 Å². The number of hydrogen-bond acceptors (Lipinski definition) is 3. The van der Waals surface area contributed by atoms with E-state index in [2.05, 4.69) is 0 Å². The highest BCUT2D eigenvalue weighted by atomic mass is 16.5. The predicted molar refractivity (Wildman–Crippen MR) is 73.4 cm³/mol. The van der Waals surface area contributed by atoms with Gasteiger partial charge in [-0.05, 0) is 50.5 Å². The summed E-state index contributed by atoms with van der Waals surface area (Å²) in [6, 6.07) is 7.05. The van der Waals surface area contributed by atoms with Crippen LogP contribution in [0.25, 0.3) is 0 Å². The van der Waals surface area contributed by atoms with E-state index in [0.29, 0.717) is 5.56 Å². The number of nitrogens with zero attached hydrogens (tertiary/aromatic N) is 1. The number of rotatable bonds is 3. The second-order valence-electron chi connectivity index (χ2n) is 5.03. The van der Waals surface area contributed by atoms with Crippen LogP contribution in [0.3, 0.4) is 0 Å². The first-order chi connectivity index (χ1) is 9.13. The Balaban J connectivity index is 2.16. The maximum absolute atomic E-state index is 12.5. The standard InChI is InChI=1S/C15H21NO3/c1-11(17)14-5-3-4-10-16(14)15(18)12-6-8-13(19-2)9-7-12/h6-9,11,14,17H,3-5,10H2,1-2H3/t11-,14+/m0/s1. The summed E-state index contributed by atoms with van der Waals surface area (Å²) in [7, 11) is 1.60. The van der Waals surface area contributed by atoms with Crippen LogP contribution in [0.1, 0.15) is 36.5 Å². The zero-order chi connectivity index (χ0) is 13.8. The monoisotopic (exact) mass is 263 g/mol. The number of piperidine rings is 1. The highest BCUT2D eigenvalue weighted by Crippen LogP contribution is 2.23. The third-order valence-corrected chi connectivity index (χ3v) is 3.70. The van der Waals surface area contributed by atoms with E-state index < -0.39 is 6.10 Å². The Morgan fingerprint density at radius 2 is 2.05 bits per heavy atom. The summed E-state index contributed by atoms with van der Waals surface area (Å²) in [6.07, 6.45) is 2.47. The molecule has 0 saturated carbocycles. The Hall–Kier alpha value is -1.55. The zero-order valence-electron chi connectivity index (χ0n) is 11.5. The number of carbonyl (C=O) groups is 1. The molecule has 1 aliphatic rings. The fraction of sp³-hybridized carbons (Fsp3) is 0.533. The molecule has 2 rings (SSSR count). The van der Waals surface area contributed by atoms with Crippen LogP contribution in [0, 0.1) is 0 Å². The van der Waals surface area contributed by atoms with Crippen LogP contribution < -0.4 is 4.74 Å². The molecule has 19 heavy (non-hydrogen) atoms. The van der Waals surface area contributed by atoms with Gasteiger partial charge in [0, 0.05) is 12.1 Å². The molecular formula is C15H21NO3. The molecule has 0 radical (unpaired) electrons. The fourth-order valence-electron chi connectivity index (χ4n) is 2.61. The van der Waals surface area contributed by atoms with Crippen molar-refractivity contribution in [2.24, 2.45) is 0 Å². The topological polar surface area (TPSA) is 49.8 Å². The minimum absolute atomic E-state index is 0.00625. The number of amides is 1. The average Bonchev–Trinajstić information content (AvgIpc) is 2.46. The van der Waals surface area contributed by atoms with Gasteiger partial charge in [-0.3, -0.25) is 4.79 Å².